The van der Waals surface area contributed by atoms with Crippen molar-refractivity contribution >= 4 is 6.03 Å². The number of hydrogen-bond acceptors (Lipinski definition) is 3. The Kier molecular flexibility index (Phi) is 6.18. The Labute approximate surface area is 143 Å². The van der Waals surface area contributed by atoms with Crippen LogP contribution in [-0.4, -0.2) is 30.1 Å². The highest BCUT2D eigenvalue weighted by atomic mass is 16.5. The van der Waals surface area contributed by atoms with Gasteiger partial charge in [0.2, 0.25) is 0 Å². The van der Waals surface area contributed by atoms with Crippen molar-refractivity contribution in [3.63, 3.8) is 0 Å². The number of nitrogens with zero attached hydrogens (tertiary/aromatic N) is 2. The standard InChI is InChI=1S/C19H25N3O2/c1-5-17(15-9-11-16(24-4)12-10-15)21-19(23)22(3)14(2)18-8-6-7-13-20-18/h6-14,17H,5H2,1-4H3,(H,21,23). The summed E-state index contributed by atoms with van der Waals surface area (Å²) in [6.45, 7) is 4.02. The first-order chi connectivity index (χ1) is 11.6. The lowest BCUT2D eigenvalue weighted by molar-refractivity contribution is 0.189. The molecule has 1 heterocycles. The average molecular weight is 327 g/mol. The van der Waals surface area contributed by atoms with Gasteiger partial charge in [0.25, 0.3) is 0 Å². The number of hydrogen-bond donors (Lipinski definition) is 1. The number of carbonyl (C=O) groups excluding carboxylic acids is 1. The van der Waals surface area contributed by atoms with E-state index in [1.807, 2.05) is 49.4 Å². The Morgan fingerprint density at radius 2 is 1.96 bits per heavy atom. The number of methoxy groups -OCH3 is 1. The van der Waals surface area contributed by atoms with E-state index in [9.17, 15) is 4.79 Å². The van der Waals surface area contributed by atoms with Crippen molar-refractivity contribution in [1.82, 2.24) is 15.2 Å². The van der Waals surface area contributed by atoms with Crippen LogP contribution >= 0.6 is 0 Å². The third kappa shape index (κ3) is 4.25. The van der Waals surface area contributed by atoms with E-state index in [0.717, 1.165) is 23.4 Å². The highest BCUT2D eigenvalue weighted by Gasteiger charge is 2.21. The molecule has 0 aliphatic heterocycles. The largest absolute Gasteiger partial charge is 0.497 e. The van der Waals surface area contributed by atoms with Gasteiger partial charge in [0.1, 0.15) is 5.75 Å². The van der Waals surface area contributed by atoms with E-state index < -0.39 is 0 Å². The molecule has 0 spiro atoms. The molecule has 2 atom stereocenters. The van der Waals surface area contributed by atoms with Crippen molar-refractivity contribution in [3.05, 3.63) is 59.9 Å². The topological polar surface area (TPSA) is 54.5 Å². The van der Waals surface area contributed by atoms with Gasteiger partial charge in [0, 0.05) is 13.2 Å². The normalized spacial score (nSPS) is 13.0. The lowest BCUT2D eigenvalue weighted by Crippen LogP contribution is -2.40. The fourth-order valence-electron chi connectivity index (χ4n) is 2.51. The maximum Gasteiger partial charge on any atom is 0.318 e. The van der Waals surface area contributed by atoms with Crippen molar-refractivity contribution in [2.24, 2.45) is 0 Å². The lowest BCUT2D eigenvalue weighted by Gasteiger charge is -2.27. The molecule has 5 nitrogen and oxygen atoms in total. The molecule has 24 heavy (non-hydrogen) atoms. The van der Waals surface area contributed by atoms with Crippen LogP contribution in [0.5, 0.6) is 5.75 Å². The third-order valence-corrected chi connectivity index (χ3v) is 4.24. The number of ether oxygens (including phenoxy) is 1. The second-order valence-electron chi connectivity index (χ2n) is 5.72. The van der Waals surface area contributed by atoms with Crippen LogP contribution in [0.1, 0.15) is 43.6 Å². The zero-order valence-electron chi connectivity index (χ0n) is 14.7. The summed E-state index contributed by atoms with van der Waals surface area (Å²) in [5.74, 6) is 0.806. The van der Waals surface area contributed by atoms with Gasteiger partial charge in [-0.1, -0.05) is 25.1 Å². The van der Waals surface area contributed by atoms with Crippen LogP contribution in [0.4, 0.5) is 4.79 Å². The number of urea groups is 1. The van der Waals surface area contributed by atoms with Crippen molar-refractivity contribution in [2.45, 2.75) is 32.4 Å². The fourth-order valence-corrected chi connectivity index (χ4v) is 2.51. The summed E-state index contributed by atoms with van der Waals surface area (Å²) < 4.78 is 5.18. The van der Waals surface area contributed by atoms with Crippen LogP contribution in [-0.2, 0) is 0 Å². The summed E-state index contributed by atoms with van der Waals surface area (Å²) in [6.07, 6.45) is 2.55. The Bertz CT molecular complexity index is 643. The van der Waals surface area contributed by atoms with Crippen molar-refractivity contribution in [1.29, 1.82) is 0 Å². The average Bonchev–Trinajstić information content (AvgIpc) is 2.65. The van der Waals surface area contributed by atoms with Crippen LogP contribution in [0.3, 0.4) is 0 Å². The quantitative estimate of drug-likeness (QED) is 0.874. The van der Waals surface area contributed by atoms with Crippen LogP contribution in [0.15, 0.2) is 48.7 Å². The highest BCUT2D eigenvalue weighted by Crippen LogP contribution is 2.22. The molecule has 0 bridgehead atoms. The maximum atomic E-state index is 12.6. The molecule has 128 valence electrons. The van der Waals surface area contributed by atoms with E-state index >= 15 is 0 Å². The van der Waals surface area contributed by atoms with Crippen LogP contribution in [0, 0.1) is 0 Å². The molecule has 2 aromatic rings. The second-order valence-corrected chi connectivity index (χ2v) is 5.72. The van der Waals surface area contributed by atoms with E-state index in [2.05, 4.69) is 17.2 Å². The summed E-state index contributed by atoms with van der Waals surface area (Å²) in [7, 11) is 3.43. The molecular formula is C19H25N3O2. The minimum absolute atomic E-state index is 0.0400. The molecule has 5 heteroatoms. The molecule has 0 aliphatic rings. The summed E-state index contributed by atoms with van der Waals surface area (Å²) in [4.78, 5) is 18.6. The first kappa shape index (κ1) is 17.8. The van der Waals surface area contributed by atoms with Crippen molar-refractivity contribution in [3.8, 4) is 5.75 Å². The van der Waals surface area contributed by atoms with Gasteiger partial charge in [0.05, 0.1) is 24.9 Å². The summed E-state index contributed by atoms with van der Waals surface area (Å²) in [5, 5.41) is 3.09. The molecule has 0 fully saturated rings. The van der Waals surface area contributed by atoms with Crippen molar-refractivity contribution < 1.29 is 9.53 Å². The molecule has 2 unspecified atom stereocenters. The zero-order valence-corrected chi connectivity index (χ0v) is 14.7. The zero-order chi connectivity index (χ0) is 17.5. The van der Waals surface area contributed by atoms with E-state index in [1.54, 1.807) is 25.3 Å². The lowest BCUT2D eigenvalue weighted by atomic mass is 10.0. The SMILES string of the molecule is CCC(NC(=O)N(C)C(C)c1ccccn1)c1ccc(OC)cc1. The second kappa shape index (κ2) is 8.34. The number of nitrogens with one attached hydrogen (secondary N) is 1. The van der Waals surface area contributed by atoms with Gasteiger partial charge in [0.15, 0.2) is 0 Å². The molecular weight excluding hydrogens is 302 g/mol. The number of rotatable bonds is 6. The van der Waals surface area contributed by atoms with Gasteiger partial charge >= 0.3 is 6.03 Å². The number of carbonyl (C=O) groups is 1. The van der Waals surface area contributed by atoms with Crippen molar-refractivity contribution in [2.75, 3.05) is 14.2 Å². The minimum atomic E-state index is -0.115. The first-order valence-electron chi connectivity index (χ1n) is 8.15. The number of amides is 2. The number of pyridine rings is 1. The van der Waals surface area contributed by atoms with Gasteiger partial charge in [-0.2, -0.15) is 0 Å². The van der Waals surface area contributed by atoms with E-state index in [0.29, 0.717) is 0 Å². The summed E-state index contributed by atoms with van der Waals surface area (Å²) in [5.41, 5.74) is 1.93. The predicted octanol–water partition coefficient (Wildman–Crippen LogP) is 3.94. The molecule has 2 amide bonds. The van der Waals surface area contributed by atoms with Crippen LogP contribution in [0.2, 0.25) is 0 Å². The predicted molar refractivity (Wildman–Crippen MR) is 95.0 cm³/mol. The molecule has 1 aromatic heterocycles. The molecule has 1 N–H and O–H groups in total. The molecule has 0 aliphatic carbocycles. The molecule has 0 saturated heterocycles. The smallest absolute Gasteiger partial charge is 0.318 e. The Balaban J connectivity index is 2.05. The Morgan fingerprint density at radius 1 is 1.25 bits per heavy atom. The van der Waals surface area contributed by atoms with Gasteiger partial charge in [-0.05, 0) is 43.2 Å². The molecule has 1 aromatic carbocycles. The Morgan fingerprint density at radius 3 is 2.50 bits per heavy atom. The molecule has 0 saturated carbocycles. The fraction of sp³-hybridized carbons (Fsp3) is 0.368. The monoisotopic (exact) mass is 327 g/mol. The highest BCUT2D eigenvalue weighted by molar-refractivity contribution is 5.75. The van der Waals surface area contributed by atoms with Crippen LogP contribution < -0.4 is 10.1 Å². The van der Waals surface area contributed by atoms with Gasteiger partial charge < -0.3 is 15.0 Å². The molecule has 0 radical (unpaired) electrons. The number of benzene rings is 1. The number of aromatic nitrogens is 1. The Hall–Kier alpha value is -2.56. The van der Waals surface area contributed by atoms with E-state index in [-0.39, 0.29) is 18.1 Å². The van der Waals surface area contributed by atoms with Crippen LogP contribution in [0.25, 0.3) is 0 Å². The summed E-state index contributed by atoms with van der Waals surface area (Å²) in [6, 6.07) is 13.2. The minimum Gasteiger partial charge on any atom is -0.497 e. The van der Waals surface area contributed by atoms with Gasteiger partial charge in [-0.3, -0.25) is 4.98 Å². The maximum absolute atomic E-state index is 12.6. The first-order valence-corrected chi connectivity index (χ1v) is 8.15. The van der Waals surface area contributed by atoms with E-state index in [1.165, 1.54) is 0 Å². The molecule has 2 rings (SSSR count). The third-order valence-electron chi connectivity index (χ3n) is 4.24. The van der Waals surface area contributed by atoms with E-state index in [4.69, 9.17) is 4.74 Å². The van der Waals surface area contributed by atoms with Gasteiger partial charge in [-0.15, -0.1) is 0 Å². The van der Waals surface area contributed by atoms with Gasteiger partial charge in [-0.25, -0.2) is 4.79 Å². The summed E-state index contributed by atoms with van der Waals surface area (Å²) >= 11 is 0.